The first-order valence-corrected chi connectivity index (χ1v) is 6.68. The lowest BCUT2D eigenvalue weighted by atomic mass is 10.2. The van der Waals surface area contributed by atoms with Crippen LogP contribution in [0.5, 0.6) is 0 Å². The van der Waals surface area contributed by atoms with E-state index in [1.54, 1.807) is 0 Å². The minimum Gasteiger partial charge on any atom is -0.386 e. The van der Waals surface area contributed by atoms with Gasteiger partial charge in [-0.15, -0.1) is 0 Å². The Balaban J connectivity index is 3.25. The molecule has 0 aromatic heterocycles. The van der Waals surface area contributed by atoms with Crippen LogP contribution in [0.2, 0.25) is 0 Å². The molecule has 9 heteroatoms. The fourth-order valence-electron chi connectivity index (χ4n) is 1.40. The first-order valence-electron chi connectivity index (χ1n) is 5.19. The van der Waals surface area contributed by atoms with Gasteiger partial charge < -0.3 is 5.73 Å². The molecule has 0 spiro atoms. The number of halogens is 3. The number of amidine groups is 1. The molecule has 1 unspecified atom stereocenters. The molecule has 0 saturated carbocycles. The Morgan fingerprint density at radius 1 is 1.37 bits per heavy atom. The Kier molecular flexibility index (Phi) is 4.53. The van der Waals surface area contributed by atoms with Crippen molar-refractivity contribution in [3.05, 3.63) is 29.6 Å². The minimum absolute atomic E-state index is 0.124. The molecular formula is C10H12F3N3O2S. The molecule has 0 fully saturated rings. The average molecular weight is 295 g/mol. The van der Waals surface area contributed by atoms with Gasteiger partial charge in [-0.3, -0.25) is 5.41 Å². The van der Waals surface area contributed by atoms with Crippen LogP contribution in [0.3, 0.4) is 0 Å². The summed E-state index contributed by atoms with van der Waals surface area (Å²) in [7, 11) is -4.58. The fourth-order valence-corrected chi connectivity index (χ4v) is 2.82. The number of hydrogen-bond acceptors (Lipinski definition) is 3. The highest BCUT2D eigenvalue weighted by Gasteiger charge is 2.28. The maximum absolute atomic E-state index is 13.4. The zero-order chi connectivity index (χ0) is 14.8. The van der Waals surface area contributed by atoms with Crippen LogP contribution in [0, 0.1) is 22.9 Å². The van der Waals surface area contributed by atoms with Crippen LogP contribution in [0.25, 0.3) is 0 Å². The van der Waals surface area contributed by atoms with Gasteiger partial charge in [-0.25, -0.2) is 26.3 Å². The summed E-state index contributed by atoms with van der Waals surface area (Å²) >= 11 is 0. The molecule has 0 bridgehead atoms. The SMILES string of the molecule is CCC(NS(=O)(=O)c1c(F)cc(F)cc1F)C(=N)N. The lowest BCUT2D eigenvalue weighted by Gasteiger charge is -2.16. The second kappa shape index (κ2) is 5.57. The van der Waals surface area contributed by atoms with Gasteiger partial charge in [-0.2, -0.15) is 0 Å². The highest BCUT2D eigenvalue weighted by atomic mass is 32.2. The summed E-state index contributed by atoms with van der Waals surface area (Å²) in [6, 6.07) is -0.576. The Morgan fingerprint density at radius 2 is 1.84 bits per heavy atom. The van der Waals surface area contributed by atoms with Crippen LogP contribution >= 0.6 is 0 Å². The predicted octanol–water partition coefficient (Wildman–Crippen LogP) is 1.10. The van der Waals surface area contributed by atoms with Gasteiger partial charge in [0.15, 0.2) is 4.90 Å². The Labute approximate surface area is 108 Å². The predicted molar refractivity (Wildman–Crippen MR) is 62.6 cm³/mol. The summed E-state index contributed by atoms with van der Waals surface area (Å²) in [6.45, 7) is 1.53. The van der Waals surface area contributed by atoms with Crippen molar-refractivity contribution >= 4 is 15.9 Å². The van der Waals surface area contributed by atoms with Gasteiger partial charge in [-0.1, -0.05) is 6.92 Å². The molecule has 5 nitrogen and oxygen atoms in total. The molecule has 106 valence electrons. The van der Waals surface area contributed by atoms with Gasteiger partial charge in [-0.05, 0) is 6.42 Å². The zero-order valence-corrected chi connectivity index (χ0v) is 10.7. The third-order valence-electron chi connectivity index (χ3n) is 2.31. The van der Waals surface area contributed by atoms with Crippen molar-refractivity contribution in [3.8, 4) is 0 Å². The molecule has 4 N–H and O–H groups in total. The second-order valence-corrected chi connectivity index (χ2v) is 5.39. The van der Waals surface area contributed by atoms with Crippen molar-refractivity contribution in [2.45, 2.75) is 24.3 Å². The summed E-state index contributed by atoms with van der Waals surface area (Å²) in [5.74, 6) is -4.83. The van der Waals surface area contributed by atoms with Crippen molar-refractivity contribution in [1.29, 1.82) is 5.41 Å². The molecule has 0 amide bonds. The Bertz CT molecular complexity index is 581. The third kappa shape index (κ3) is 3.44. The van der Waals surface area contributed by atoms with Gasteiger partial charge in [0, 0.05) is 12.1 Å². The van der Waals surface area contributed by atoms with E-state index in [2.05, 4.69) is 0 Å². The maximum Gasteiger partial charge on any atom is 0.247 e. The van der Waals surface area contributed by atoms with Crippen molar-refractivity contribution in [3.63, 3.8) is 0 Å². The van der Waals surface area contributed by atoms with Gasteiger partial charge in [0.1, 0.15) is 23.3 Å². The summed E-state index contributed by atoms with van der Waals surface area (Å²) in [6.07, 6.45) is 0.124. The van der Waals surface area contributed by atoms with Gasteiger partial charge in [0.2, 0.25) is 10.0 Å². The summed E-state index contributed by atoms with van der Waals surface area (Å²) in [4.78, 5) is -1.30. The number of sulfonamides is 1. The van der Waals surface area contributed by atoms with Crippen LogP contribution in [-0.4, -0.2) is 20.3 Å². The summed E-state index contributed by atoms with van der Waals surface area (Å²) < 4.78 is 64.9. The monoisotopic (exact) mass is 295 g/mol. The van der Waals surface area contributed by atoms with E-state index in [1.807, 2.05) is 4.72 Å². The Hall–Kier alpha value is -1.61. The minimum atomic E-state index is -4.58. The highest BCUT2D eigenvalue weighted by Crippen LogP contribution is 2.20. The standard InChI is InChI=1S/C10H12F3N3O2S/c1-2-8(10(14)15)16-19(17,18)9-6(12)3-5(11)4-7(9)13/h3-4,8,16H,2H2,1H3,(H3,14,15). The quantitative estimate of drug-likeness (QED) is 0.560. The summed E-state index contributed by atoms with van der Waals surface area (Å²) in [5, 5.41) is 7.14. The highest BCUT2D eigenvalue weighted by molar-refractivity contribution is 7.89. The Morgan fingerprint density at radius 3 is 2.21 bits per heavy atom. The molecule has 1 aromatic carbocycles. The van der Waals surface area contributed by atoms with Crippen LogP contribution in [0.15, 0.2) is 17.0 Å². The molecule has 1 aromatic rings. The number of benzene rings is 1. The zero-order valence-electron chi connectivity index (χ0n) is 9.88. The van der Waals surface area contributed by atoms with Crippen LogP contribution < -0.4 is 10.5 Å². The van der Waals surface area contributed by atoms with Crippen LogP contribution in [0.1, 0.15) is 13.3 Å². The second-order valence-electron chi connectivity index (χ2n) is 3.74. The first-order chi connectivity index (χ1) is 8.69. The fraction of sp³-hybridized carbons (Fsp3) is 0.300. The lowest BCUT2D eigenvalue weighted by molar-refractivity contribution is 0.492. The van der Waals surface area contributed by atoms with Crippen molar-refractivity contribution in [2.75, 3.05) is 0 Å². The van der Waals surface area contributed by atoms with E-state index in [9.17, 15) is 21.6 Å². The topological polar surface area (TPSA) is 96.0 Å². The largest absolute Gasteiger partial charge is 0.386 e. The van der Waals surface area contributed by atoms with E-state index in [4.69, 9.17) is 11.1 Å². The van der Waals surface area contributed by atoms with E-state index in [0.717, 1.165) is 0 Å². The van der Waals surface area contributed by atoms with Crippen molar-refractivity contribution in [1.82, 2.24) is 4.72 Å². The van der Waals surface area contributed by atoms with E-state index in [-0.39, 0.29) is 18.6 Å². The molecule has 0 aliphatic carbocycles. The molecule has 0 heterocycles. The number of rotatable bonds is 5. The number of nitrogens with two attached hydrogens (primary N) is 1. The summed E-state index contributed by atoms with van der Waals surface area (Å²) in [5.41, 5.74) is 5.14. The first kappa shape index (κ1) is 15.4. The molecular weight excluding hydrogens is 283 g/mol. The van der Waals surface area contributed by atoms with Gasteiger partial charge in [0.05, 0.1) is 6.04 Å². The van der Waals surface area contributed by atoms with Gasteiger partial charge >= 0.3 is 0 Å². The number of nitrogens with one attached hydrogen (secondary N) is 2. The van der Waals surface area contributed by atoms with E-state index in [1.165, 1.54) is 6.92 Å². The lowest BCUT2D eigenvalue weighted by Crippen LogP contribution is -2.44. The molecule has 19 heavy (non-hydrogen) atoms. The molecule has 1 atom stereocenters. The van der Waals surface area contributed by atoms with Crippen LogP contribution in [0.4, 0.5) is 13.2 Å². The average Bonchev–Trinajstić information content (AvgIpc) is 2.23. The third-order valence-corrected chi connectivity index (χ3v) is 3.84. The normalized spacial score (nSPS) is 13.3. The van der Waals surface area contributed by atoms with E-state index in [0.29, 0.717) is 0 Å². The van der Waals surface area contributed by atoms with Crippen molar-refractivity contribution in [2.24, 2.45) is 5.73 Å². The van der Waals surface area contributed by atoms with E-state index < -0.39 is 44.2 Å². The molecule has 0 aliphatic rings. The molecule has 0 saturated heterocycles. The molecule has 1 rings (SSSR count). The van der Waals surface area contributed by atoms with E-state index >= 15 is 0 Å². The van der Waals surface area contributed by atoms with Crippen molar-refractivity contribution < 1.29 is 21.6 Å². The van der Waals surface area contributed by atoms with Gasteiger partial charge in [0.25, 0.3) is 0 Å². The van der Waals surface area contributed by atoms with Crippen LogP contribution in [-0.2, 0) is 10.0 Å². The maximum atomic E-state index is 13.4. The smallest absolute Gasteiger partial charge is 0.247 e. The molecule has 0 aliphatic heterocycles. The number of hydrogen-bond donors (Lipinski definition) is 3. The molecule has 0 radical (unpaired) electrons.